The van der Waals surface area contributed by atoms with Crippen molar-refractivity contribution in [3.05, 3.63) is 35.1 Å². The standard InChI is InChI=1S/C14H22FNO2/c1-11-10-12(15)4-5-13(11)14(2,17)6-7-16-8-9-18-3/h4-5,10,16-17H,6-9H2,1-3H3. The number of nitrogens with one attached hydrogen (secondary N) is 1. The number of ether oxygens (including phenoxy) is 1. The summed E-state index contributed by atoms with van der Waals surface area (Å²) in [6.07, 6.45) is 0.573. The number of rotatable bonds is 7. The molecule has 1 rings (SSSR count). The molecule has 102 valence electrons. The summed E-state index contributed by atoms with van der Waals surface area (Å²) in [5.41, 5.74) is 0.604. The first-order chi connectivity index (χ1) is 8.47. The first-order valence-electron chi connectivity index (χ1n) is 6.16. The van der Waals surface area contributed by atoms with Crippen LogP contribution in [0.15, 0.2) is 18.2 Å². The molecule has 0 heterocycles. The summed E-state index contributed by atoms with van der Waals surface area (Å²) in [6.45, 7) is 5.66. The Hall–Kier alpha value is -0.970. The Kier molecular flexibility index (Phi) is 5.72. The molecule has 0 radical (unpaired) electrons. The Labute approximate surface area is 108 Å². The largest absolute Gasteiger partial charge is 0.385 e. The summed E-state index contributed by atoms with van der Waals surface area (Å²) in [6, 6.07) is 4.48. The number of halogens is 1. The third kappa shape index (κ3) is 4.37. The van der Waals surface area contributed by atoms with Gasteiger partial charge in [0.2, 0.25) is 0 Å². The molecule has 0 bridgehead atoms. The van der Waals surface area contributed by atoms with E-state index in [0.717, 1.165) is 17.7 Å². The van der Waals surface area contributed by atoms with Gasteiger partial charge < -0.3 is 15.2 Å². The van der Waals surface area contributed by atoms with Crippen LogP contribution in [0.25, 0.3) is 0 Å². The Balaban J connectivity index is 2.56. The van der Waals surface area contributed by atoms with Crippen LogP contribution in [0.4, 0.5) is 4.39 Å². The molecule has 0 amide bonds. The molecule has 0 aliphatic rings. The van der Waals surface area contributed by atoms with E-state index in [-0.39, 0.29) is 5.82 Å². The number of aryl methyl sites for hydroxylation is 1. The van der Waals surface area contributed by atoms with E-state index in [4.69, 9.17) is 4.74 Å². The van der Waals surface area contributed by atoms with Crippen molar-refractivity contribution >= 4 is 0 Å². The molecule has 0 aliphatic carbocycles. The minimum Gasteiger partial charge on any atom is -0.385 e. The lowest BCUT2D eigenvalue weighted by atomic mass is 9.89. The van der Waals surface area contributed by atoms with Crippen LogP contribution < -0.4 is 5.32 Å². The van der Waals surface area contributed by atoms with Crippen LogP contribution in [-0.2, 0) is 10.3 Å². The lowest BCUT2D eigenvalue weighted by Crippen LogP contribution is -2.30. The van der Waals surface area contributed by atoms with Gasteiger partial charge in [0.15, 0.2) is 0 Å². The van der Waals surface area contributed by atoms with Crippen molar-refractivity contribution in [2.75, 3.05) is 26.8 Å². The first kappa shape index (κ1) is 15.1. The molecular weight excluding hydrogens is 233 g/mol. The highest BCUT2D eigenvalue weighted by atomic mass is 19.1. The fraction of sp³-hybridized carbons (Fsp3) is 0.571. The fourth-order valence-corrected chi connectivity index (χ4v) is 2.00. The molecule has 0 saturated carbocycles. The molecule has 0 saturated heterocycles. The zero-order valence-corrected chi connectivity index (χ0v) is 11.3. The number of benzene rings is 1. The third-order valence-electron chi connectivity index (χ3n) is 3.04. The van der Waals surface area contributed by atoms with Crippen LogP contribution in [0.2, 0.25) is 0 Å². The molecule has 0 aromatic heterocycles. The normalized spacial score (nSPS) is 14.5. The summed E-state index contributed by atoms with van der Waals surface area (Å²) >= 11 is 0. The number of methoxy groups -OCH3 is 1. The molecule has 4 heteroatoms. The lowest BCUT2D eigenvalue weighted by Gasteiger charge is -2.26. The van der Waals surface area contributed by atoms with Crippen molar-refractivity contribution in [2.24, 2.45) is 0 Å². The van der Waals surface area contributed by atoms with Gasteiger partial charge in [0, 0.05) is 13.7 Å². The minimum absolute atomic E-state index is 0.273. The Morgan fingerprint density at radius 3 is 2.72 bits per heavy atom. The highest BCUT2D eigenvalue weighted by Crippen LogP contribution is 2.27. The van der Waals surface area contributed by atoms with E-state index in [1.165, 1.54) is 12.1 Å². The number of aliphatic hydroxyl groups is 1. The van der Waals surface area contributed by atoms with Crippen LogP contribution in [-0.4, -0.2) is 31.9 Å². The van der Waals surface area contributed by atoms with E-state index < -0.39 is 5.60 Å². The zero-order chi connectivity index (χ0) is 13.6. The van der Waals surface area contributed by atoms with Gasteiger partial charge in [-0.3, -0.25) is 0 Å². The van der Waals surface area contributed by atoms with Gasteiger partial charge in [0.05, 0.1) is 12.2 Å². The van der Waals surface area contributed by atoms with Gasteiger partial charge >= 0.3 is 0 Å². The van der Waals surface area contributed by atoms with Gasteiger partial charge in [-0.15, -0.1) is 0 Å². The second-order valence-corrected chi connectivity index (χ2v) is 4.73. The second-order valence-electron chi connectivity index (χ2n) is 4.73. The monoisotopic (exact) mass is 255 g/mol. The van der Waals surface area contributed by atoms with E-state index in [1.807, 2.05) is 6.92 Å². The number of hydrogen-bond acceptors (Lipinski definition) is 3. The van der Waals surface area contributed by atoms with Crippen LogP contribution in [0, 0.1) is 12.7 Å². The topological polar surface area (TPSA) is 41.5 Å². The van der Waals surface area contributed by atoms with Gasteiger partial charge in [-0.2, -0.15) is 0 Å². The summed E-state index contributed by atoms with van der Waals surface area (Å²) in [5.74, 6) is -0.273. The van der Waals surface area contributed by atoms with Crippen LogP contribution in [0.5, 0.6) is 0 Å². The van der Waals surface area contributed by atoms with Crippen molar-refractivity contribution in [1.82, 2.24) is 5.32 Å². The van der Waals surface area contributed by atoms with Crippen molar-refractivity contribution in [2.45, 2.75) is 25.9 Å². The van der Waals surface area contributed by atoms with E-state index in [9.17, 15) is 9.50 Å². The highest BCUT2D eigenvalue weighted by Gasteiger charge is 2.24. The van der Waals surface area contributed by atoms with E-state index in [1.54, 1.807) is 20.1 Å². The maximum absolute atomic E-state index is 13.0. The van der Waals surface area contributed by atoms with E-state index >= 15 is 0 Å². The molecule has 18 heavy (non-hydrogen) atoms. The maximum Gasteiger partial charge on any atom is 0.123 e. The average Bonchev–Trinajstić information content (AvgIpc) is 2.28. The van der Waals surface area contributed by atoms with Crippen LogP contribution >= 0.6 is 0 Å². The lowest BCUT2D eigenvalue weighted by molar-refractivity contribution is 0.0468. The number of hydrogen-bond donors (Lipinski definition) is 2. The quantitative estimate of drug-likeness (QED) is 0.732. The molecule has 0 spiro atoms. The van der Waals surface area contributed by atoms with Crippen LogP contribution in [0.1, 0.15) is 24.5 Å². The smallest absolute Gasteiger partial charge is 0.123 e. The summed E-state index contributed by atoms with van der Waals surface area (Å²) in [7, 11) is 1.65. The molecule has 1 aromatic rings. The molecule has 0 fully saturated rings. The van der Waals surface area contributed by atoms with Crippen molar-refractivity contribution < 1.29 is 14.2 Å². The first-order valence-corrected chi connectivity index (χ1v) is 6.16. The van der Waals surface area contributed by atoms with E-state index in [0.29, 0.717) is 19.6 Å². The van der Waals surface area contributed by atoms with Gasteiger partial charge in [-0.05, 0) is 50.1 Å². The fourth-order valence-electron chi connectivity index (χ4n) is 2.00. The zero-order valence-electron chi connectivity index (χ0n) is 11.3. The molecule has 3 nitrogen and oxygen atoms in total. The van der Waals surface area contributed by atoms with Gasteiger partial charge in [-0.25, -0.2) is 4.39 Å². The van der Waals surface area contributed by atoms with Crippen LogP contribution in [0.3, 0.4) is 0 Å². The molecule has 0 aliphatic heterocycles. The average molecular weight is 255 g/mol. The second kappa shape index (κ2) is 6.83. The molecule has 2 N–H and O–H groups in total. The third-order valence-corrected chi connectivity index (χ3v) is 3.04. The molecule has 1 unspecified atom stereocenters. The van der Waals surface area contributed by atoms with Gasteiger partial charge in [-0.1, -0.05) is 6.07 Å². The Morgan fingerprint density at radius 1 is 1.39 bits per heavy atom. The van der Waals surface area contributed by atoms with Crippen molar-refractivity contribution in [3.63, 3.8) is 0 Å². The minimum atomic E-state index is -0.947. The molecular formula is C14H22FNO2. The molecule has 1 atom stereocenters. The van der Waals surface area contributed by atoms with Gasteiger partial charge in [0.1, 0.15) is 5.82 Å². The SMILES string of the molecule is COCCNCCC(C)(O)c1ccc(F)cc1C. The Bertz CT molecular complexity index is 380. The van der Waals surface area contributed by atoms with E-state index in [2.05, 4.69) is 5.32 Å². The van der Waals surface area contributed by atoms with Crippen molar-refractivity contribution in [3.8, 4) is 0 Å². The summed E-state index contributed by atoms with van der Waals surface area (Å²) < 4.78 is 17.9. The predicted molar refractivity (Wildman–Crippen MR) is 70.1 cm³/mol. The highest BCUT2D eigenvalue weighted by molar-refractivity contribution is 5.31. The Morgan fingerprint density at radius 2 is 2.11 bits per heavy atom. The van der Waals surface area contributed by atoms with Gasteiger partial charge in [0.25, 0.3) is 0 Å². The van der Waals surface area contributed by atoms with Crippen molar-refractivity contribution in [1.29, 1.82) is 0 Å². The summed E-state index contributed by atoms with van der Waals surface area (Å²) in [4.78, 5) is 0. The summed E-state index contributed by atoms with van der Waals surface area (Å²) in [5, 5.41) is 13.6. The molecule has 1 aromatic carbocycles. The predicted octanol–water partition coefficient (Wildman–Crippen LogP) is 1.97. The maximum atomic E-state index is 13.0.